The van der Waals surface area contributed by atoms with E-state index in [9.17, 15) is 0 Å². The number of fused-ring (bicyclic) bond motifs is 4. The van der Waals surface area contributed by atoms with Gasteiger partial charge in [-0.3, -0.25) is 4.98 Å². The van der Waals surface area contributed by atoms with Crippen LogP contribution in [0.4, 0.5) is 0 Å². The molecule has 0 saturated carbocycles. The number of aromatic nitrogens is 2. The highest BCUT2D eigenvalue weighted by Gasteiger charge is 2.20. The Labute approximate surface area is 302 Å². The van der Waals surface area contributed by atoms with Crippen LogP contribution in [0.2, 0.25) is 0 Å². The van der Waals surface area contributed by atoms with Crippen molar-refractivity contribution in [2.75, 3.05) is 0 Å². The Morgan fingerprint density at radius 1 is 0.288 bits per heavy atom. The summed E-state index contributed by atoms with van der Waals surface area (Å²) in [4.78, 5) is 10.2. The van der Waals surface area contributed by atoms with Gasteiger partial charge in [0.1, 0.15) is 0 Å². The van der Waals surface area contributed by atoms with Gasteiger partial charge < -0.3 is 0 Å². The minimum absolute atomic E-state index is 0.899. The van der Waals surface area contributed by atoms with Crippen molar-refractivity contribution in [2.24, 2.45) is 0 Å². The van der Waals surface area contributed by atoms with Gasteiger partial charge in [-0.2, -0.15) is 0 Å². The van der Waals surface area contributed by atoms with E-state index in [4.69, 9.17) is 9.97 Å². The van der Waals surface area contributed by atoms with E-state index in [1.165, 1.54) is 65.7 Å². The number of nitrogens with zero attached hydrogens (tertiary/aromatic N) is 2. The van der Waals surface area contributed by atoms with Gasteiger partial charge in [-0.1, -0.05) is 146 Å². The summed E-state index contributed by atoms with van der Waals surface area (Å²) in [5.41, 5.74) is 12.1. The minimum Gasteiger partial charge on any atom is -0.256 e. The van der Waals surface area contributed by atoms with Crippen LogP contribution in [0.3, 0.4) is 0 Å². The molecule has 0 aliphatic rings. The number of hydrogen-bond donors (Lipinski definition) is 0. The molecule has 0 spiro atoms. The fraction of sp³-hybridized carbons (Fsp3) is 0. The smallest absolute Gasteiger partial charge is 0.0725 e. The Morgan fingerprint density at radius 2 is 0.846 bits per heavy atom. The summed E-state index contributed by atoms with van der Waals surface area (Å²) < 4.78 is 0. The van der Waals surface area contributed by atoms with E-state index in [-0.39, 0.29) is 0 Å². The predicted molar refractivity (Wildman–Crippen MR) is 219 cm³/mol. The van der Waals surface area contributed by atoms with E-state index in [1.54, 1.807) is 0 Å². The van der Waals surface area contributed by atoms with E-state index in [1.807, 2.05) is 18.3 Å². The van der Waals surface area contributed by atoms with Crippen LogP contribution < -0.4 is 0 Å². The molecule has 0 bridgehead atoms. The van der Waals surface area contributed by atoms with Crippen LogP contribution >= 0.6 is 0 Å². The van der Waals surface area contributed by atoms with E-state index < -0.39 is 0 Å². The van der Waals surface area contributed by atoms with Crippen LogP contribution in [0, 0.1) is 0 Å². The Morgan fingerprint density at radius 3 is 1.58 bits per heavy atom. The summed E-state index contributed by atoms with van der Waals surface area (Å²) >= 11 is 0. The second-order valence-corrected chi connectivity index (χ2v) is 13.4. The molecule has 0 aliphatic carbocycles. The van der Waals surface area contributed by atoms with Gasteiger partial charge in [0.25, 0.3) is 0 Å². The third kappa shape index (κ3) is 5.21. The number of pyridine rings is 2. The summed E-state index contributed by atoms with van der Waals surface area (Å²) in [6.45, 7) is 0. The molecule has 0 aliphatic heterocycles. The zero-order chi connectivity index (χ0) is 34.4. The Kier molecular flexibility index (Phi) is 7.18. The second-order valence-electron chi connectivity index (χ2n) is 13.4. The van der Waals surface area contributed by atoms with Crippen LogP contribution in [-0.4, -0.2) is 9.97 Å². The van der Waals surface area contributed by atoms with Crippen LogP contribution in [0.15, 0.2) is 194 Å². The zero-order valence-corrected chi connectivity index (χ0v) is 28.4. The van der Waals surface area contributed by atoms with E-state index in [0.717, 1.165) is 33.4 Å². The van der Waals surface area contributed by atoms with Gasteiger partial charge in [-0.25, -0.2) is 4.98 Å². The molecule has 8 aromatic carbocycles. The fourth-order valence-corrected chi connectivity index (χ4v) is 7.73. The third-order valence-corrected chi connectivity index (χ3v) is 10.3. The van der Waals surface area contributed by atoms with Crippen molar-refractivity contribution in [3.63, 3.8) is 0 Å². The number of benzene rings is 8. The fourth-order valence-electron chi connectivity index (χ4n) is 7.73. The maximum Gasteiger partial charge on any atom is 0.0725 e. The lowest BCUT2D eigenvalue weighted by Crippen LogP contribution is -1.95. The summed E-state index contributed by atoms with van der Waals surface area (Å²) in [5, 5.41) is 8.30. The van der Waals surface area contributed by atoms with Crippen molar-refractivity contribution in [1.29, 1.82) is 0 Å². The number of hydrogen-bond acceptors (Lipinski definition) is 2. The lowest BCUT2D eigenvalue weighted by Gasteiger charge is -2.20. The van der Waals surface area contributed by atoms with E-state index >= 15 is 0 Å². The van der Waals surface area contributed by atoms with Crippen LogP contribution in [0.5, 0.6) is 0 Å². The number of para-hydroxylation sites is 1. The average Bonchev–Trinajstić information content (AvgIpc) is 3.22. The molecule has 0 unspecified atom stereocenters. The first-order chi connectivity index (χ1) is 25.8. The minimum atomic E-state index is 0.899. The molecule has 52 heavy (non-hydrogen) atoms. The predicted octanol–water partition coefficient (Wildman–Crippen LogP) is 13.4. The topological polar surface area (TPSA) is 25.8 Å². The van der Waals surface area contributed by atoms with Gasteiger partial charge in [0.05, 0.1) is 16.9 Å². The molecular formula is C50H32N2. The first kappa shape index (κ1) is 30.0. The van der Waals surface area contributed by atoms with Gasteiger partial charge in [-0.15, -0.1) is 0 Å². The van der Waals surface area contributed by atoms with E-state index in [2.05, 4.69) is 176 Å². The summed E-state index contributed by atoms with van der Waals surface area (Å²) in [6.07, 6.45) is 1.94. The maximum atomic E-state index is 5.41. The second kappa shape index (κ2) is 12.5. The molecule has 242 valence electrons. The lowest BCUT2D eigenvalue weighted by atomic mass is 9.84. The van der Waals surface area contributed by atoms with Gasteiger partial charge in [0.2, 0.25) is 0 Å². The molecule has 0 saturated heterocycles. The van der Waals surface area contributed by atoms with Gasteiger partial charge in [0, 0.05) is 22.7 Å². The summed E-state index contributed by atoms with van der Waals surface area (Å²) in [6, 6.07) is 67.5. The standard InChI is InChI=1S/C50H32N2/c1-3-12-33(13-4-1)37-25-27-43-44(30-37)49(40-23-22-35-16-7-8-17-36(35)28-40)42-26-24-38(34-14-5-2-6-15-34)31-45(42)50(43)48-21-11-20-47(52-48)41-29-39-18-9-10-19-46(39)51-32-41/h1-32H. The largest absolute Gasteiger partial charge is 0.256 e. The van der Waals surface area contributed by atoms with Gasteiger partial charge in [0.15, 0.2) is 0 Å². The van der Waals surface area contributed by atoms with E-state index in [0.29, 0.717) is 0 Å². The molecule has 0 N–H and O–H groups in total. The summed E-state index contributed by atoms with van der Waals surface area (Å²) in [7, 11) is 0. The maximum absolute atomic E-state index is 5.41. The Hall–Kier alpha value is -6.90. The molecule has 0 atom stereocenters. The number of rotatable bonds is 5. The Balaban J connectivity index is 1.30. The normalized spacial score (nSPS) is 11.5. The molecule has 2 heterocycles. The zero-order valence-electron chi connectivity index (χ0n) is 28.4. The quantitative estimate of drug-likeness (QED) is 0.172. The van der Waals surface area contributed by atoms with Crippen molar-refractivity contribution < 1.29 is 0 Å². The van der Waals surface area contributed by atoms with Crippen molar-refractivity contribution in [1.82, 2.24) is 9.97 Å². The summed E-state index contributed by atoms with van der Waals surface area (Å²) in [5.74, 6) is 0. The van der Waals surface area contributed by atoms with Gasteiger partial charge >= 0.3 is 0 Å². The lowest BCUT2D eigenvalue weighted by molar-refractivity contribution is 1.31. The molecule has 0 radical (unpaired) electrons. The highest BCUT2D eigenvalue weighted by Crippen LogP contribution is 2.46. The monoisotopic (exact) mass is 660 g/mol. The Bertz CT molecular complexity index is 2950. The average molecular weight is 661 g/mol. The molecule has 2 heteroatoms. The van der Waals surface area contributed by atoms with Crippen molar-refractivity contribution in [3.8, 4) is 55.9 Å². The van der Waals surface area contributed by atoms with Gasteiger partial charge in [-0.05, 0) is 108 Å². The first-order valence-electron chi connectivity index (χ1n) is 17.7. The highest BCUT2D eigenvalue weighted by atomic mass is 14.7. The SMILES string of the molecule is c1ccc(-c2ccc3c(-c4cccc(-c5cnc6ccccc6c5)n4)c4cc(-c5ccccc5)ccc4c(-c4ccc5ccccc5c4)c3c2)cc1. The molecule has 0 fully saturated rings. The molecule has 10 aromatic rings. The third-order valence-electron chi connectivity index (χ3n) is 10.3. The molecule has 2 aromatic heterocycles. The van der Waals surface area contributed by atoms with Crippen molar-refractivity contribution in [3.05, 3.63) is 194 Å². The van der Waals surface area contributed by atoms with Crippen LogP contribution in [-0.2, 0) is 0 Å². The van der Waals surface area contributed by atoms with Crippen molar-refractivity contribution >= 4 is 43.2 Å². The highest BCUT2D eigenvalue weighted by molar-refractivity contribution is 6.22. The van der Waals surface area contributed by atoms with Crippen molar-refractivity contribution in [2.45, 2.75) is 0 Å². The molecule has 2 nitrogen and oxygen atoms in total. The van der Waals surface area contributed by atoms with Crippen LogP contribution in [0.25, 0.3) is 99.1 Å². The first-order valence-corrected chi connectivity index (χ1v) is 17.7. The molecule has 10 rings (SSSR count). The molecule has 0 amide bonds. The molecular weight excluding hydrogens is 629 g/mol. The van der Waals surface area contributed by atoms with Crippen LogP contribution in [0.1, 0.15) is 0 Å².